The maximum Gasteiger partial charge on any atom is 0.334 e. The van der Waals surface area contributed by atoms with E-state index in [1.165, 1.54) is 11.8 Å². The minimum absolute atomic E-state index is 0.0816. The Morgan fingerprint density at radius 2 is 2.00 bits per heavy atom. The van der Waals surface area contributed by atoms with Gasteiger partial charge in [0.1, 0.15) is 0 Å². The number of rotatable bonds is 5. The number of hydrogen-bond acceptors (Lipinski definition) is 6. The van der Waals surface area contributed by atoms with Crippen LogP contribution < -0.4 is 0 Å². The minimum Gasteiger partial charge on any atom is -0.330 e. The van der Waals surface area contributed by atoms with E-state index in [2.05, 4.69) is 9.82 Å². The van der Waals surface area contributed by atoms with Gasteiger partial charge in [-0.2, -0.15) is 0 Å². The van der Waals surface area contributed by atoms with Crippen molar-refractivity contribution in [3.8, 4) is 0 Å². The van der Waals surface area contributed by atoms with Gasteiger partial charge < -0.3 is 4.84 Å². The molecule has 0 aromatic carbocycles. The molecular formula is C12H10N2O4S. The number of nitrogens with zero attached hydrogens (tertiary/aromatic N) is 2. The zero-order valence-electron chi connectivity index (χ0n) is 9.81. The molecule has 98 valence electrons. The van der Waals surface area contributed by atoms with Gasteiger partial charge in [-0.1, -0.05) is 11.1 Å². The maximum absolute atomic E-state index is 11.5. The van der Waals surface area contributed by atoms with E-state index in [9.17, 15) is 14.4 Å². The predicted octanol–water partition coefficient (Wildman–Crippen LogP) is 0.947. The molecule has 2 amide bonds. The van der Waals surface area contributed by atoms with Crippen molar-refractivity contribution in [3.05, 3.63) is 36.5 Å². The summed E-state index contributed by atoms with van der Waals surface area (Å²) in [7, 11) is 0. The molecule has 0 N–H and O–H groups in total. The fraction of sp³-hybridized carbons (Fsp3) is 0.167. The number of imide groups is 1. The summed E-state index contributed by atoms with van der Waals surface area (Å²) in [5.74, 6) is -1.46. The Morgan fingerprint density at radius 1 is 1.26 bits per heavy atom. The Kier molecular flexibility index (Phi) is 4.30. The lowest BCUT2D eigenvalue weighted by atomic mass is 10.5. The third-order valence-electron chi connectivity index (χ3n) is 2.16. The topological polar surface area (TPSA) is 76.6 Å². The number of pyridine rings is 1. The first kappa shape index (κ1) is 13.3. The zero-order chi connectivity index (χ0) is 13.7. The molecule has 0 aliphatic carbocycles. The van der Waals surface area contributed by atoms with E-state index in [1.807, 2.05) is 12.1 Å². The lowest BCUT2D eigenvalue weighted by molar-refractivity contribution is -0.195. The van der Waals surface area contributed by atoms with Gasteiger partial charge in [-0.15, -0.1) is 11.8 Å². The molecule has 0 fully saturated rings. The second-order valence-corrected chi connectivity index (χ2v) is 4.65. The largest absolute Gasteiger partial charge is 0.334 e. The van der Waals surface area contributed by atoms with E-state index >= 15 is 0 Å². The molecule has 2 heterocycles. The highest BCUT2D eigenvalue weighted by Crippen LogP contribution is 2.15. The summed E-state index contributed by atoms with van der Waals surface area (Å²) in [6.07, 6.45) is 3.85. The second-order valence-electron chi connectivity index (χ2n) is 3.53. The monoisotopic (exact) mass is 278 g/mol. The molecule has 1 aromatic heterocycles. The molecular weight excluding hydrogens is 268 g/mol. The first-order chi connectivity index (χ1) is 9.16. The molecule has 0 unspecified atom stereocenters. The molecule has 0 bridgehead atoms. The smallest absolute Gasteiger partial charge is 0.330 e. The molecule has 19 heavy (non-hydrogen) atoms. The molecule has 0 saturated heterocycles. The van der Waals surface area contributed by atoms with Crippen LogP contribution in [0.25, 0.3) is 0 Å². The van der Waals surface area contributed by atoms with Crippen LogP contribution in [-0.4, -0.2) is 33.6 Å². The van der Waals surface area contributed by atoms with Crippen LogP contribution >= 0.6 is 11.8 Å². The first-order valence-corrected chi connectivity index (χ1v) is 6.46. The average molecular weight is 278 g/mol. The van der Waals surface area contributed by atoms with E-state index in [1.54, 1.807) is 12.3 Å². The molecule has 1 aliphatic heterocycles. The van der Waals surface area contributed by atoms with Crippen LogP contribution in [0.15, 0.2) is 41.6 Å². The van der Waals surface area contributed by atoms with Gasteiger partial charge in [0.05, 0.1) is 11.4 Å². The Hall–Kier alpha value is -2.15. The summed E-state index contributed by atoms with van der Waals surface area (Å²) < 4.78 is 0. The number of hydroxylamine groups is 2. The van der Waals surface area contributed by atoms with Crippen molar-refractivity contribution in [2.45, 2.75) is 11.4 Å². The van der Waals surface area contributed by atoms with Crippen LogP contribution in [0.5, 0.6) is 0 Å². The third kappa shape index (κ3) is 3.65. The molecule has 6 nitrogen and oxygen atoms in total. The maximum atomic E-state index is 11.5. The lowest BCUT2D eigenvalue weighted by Gasteiger charge is -2.12. The summed E-state index contributed by atoms with van der Waals surface area (Å²) in [6, 6.07) is 5.48. The van der Waals surface area contributed by atoms with Crippen LogP contribution in [0, 0.1) is 0 Å². The molecule has 0 radical (unpaired) electrons. The number of thioether (sulfide) groups is 1. The SMILES string of the molecule is O=C(CCSc1ccccn1)ON1C(=O)C=CC1=O. The van der Waals surface area contributed by atoms with Gasteiger partial charge in [0.2, 0.25) is 0 Å². The highest BCUT2D eigenvalue weighted by Gasteiger charge is 2.27. The second kappa shape index (κ2) is 6.14. The van der Waals surface area contributed by atoms with E-state index in [0.717, 1.165) is 17.2 Å². The van der Waals surface area contributed by atoms with E-state index in [0.29, 0.717) is 10.8 Å². The Labute approximate surface area is 113 Å². The summed E-state index contributed by atoms with van der Waals surface area (Å²) in [5, 5.41) is 1.25. The molecule has 0 atom stereocenters. The fourth-order valence-corrected chi connectivity index (χ4v) is 2.08. The third-order valence-corrected chi connectivity index (χ3v) is 3.10. The highest BCUT2D eigenvalue weighted by molar-refractivity contribution is 7.99. The molecule has 1 aromatic rings. The van der Waals surface area contributed by atoms with Gasteiger partial charge in [-0.05, 0) is 12.1 Å². The van der Waals surface area contributed by atoms with Crippen molar-refractivity contribution in [2.24, 2.45) is 0 Å². The highest BCUT2D eigenvalue weighted by atomic mass is 32.2. The van der Waals surface area contributed by atoms with Gasteiger partial charge in [0.25, 0.3) is 11.8 Å². The van der Waals surface area contributed by atoms with Crippen LogP contribution in [0.1, 0.15) is 6.42 Å². The molecule has 0 saturated carbocycles. The van der Waals surface area contributed by atoms with Gasteiger partial charge in [-0.25, -0.2) is 9.78 Å². The van der Waals surface area contributed by atoms with Gasteiger partial charge in [-0.3, -0.25) is 9.59 Å². The number of aromatic nitrogens is 1. The summed E-state index contributed by atoms with van der Waals surface area (Å²) >= 11 is 1.39. The van der Waals surface area contributed by atoms with E-state index in [4.69, 9.17) is 0 Å². The quantitative estimate of drug-likeness (QED) is 0.589. The van der Waals surface area contributed by atoms with Gasteiger partial charge in [0, 0.05) is 24.1 Å². The zero-order valence-corrected chi connectivity index (χ0v) is 10.6. The Morgan fingerprint density at radius 3 is 2.63 bits per heavy atom. The minimum atomic E-state index is -0.643. The number of amides is 2. The summed E-state index contributed by atoms with van der Waals surface area (Å²) in [5.41, 5.74) is 0. The summed E-state index contributed by atoms with van der Waals surface area (Å²) in [4.78, 5) is 42.5. The molecule has 2 rings (SSSR count). The number of carbonyl (C=O) groups is 3. The molecule has 1 aliphatic rings. The average Bonchev–Trinajstić information content (AvgIpc) is 2.72. The Bertz CT molecular complexity index is 512. The first-order valence-electron chi connectivity index (χ1n) is 5.47. The van der Waals surface area contributed by atoms with Crippen LogP contribution in [0.2, 0.25) is 0 Å². The van der Waals surface area contributed by atoms with Crippen molar-refractivity contribution in [1.29, 1.82) is 0 Å². The van der Waals surface area contributed by atoms with Crippen molar-refractivity contribution in [2.75, 3.05) is 5.75 Å². The summed E-state index contributed by atoms with van der Waals surface area (Å²) in [6.45, 7) is 0. The Balaban J connectivity index is 1.73. The standard InChI is InChI=1S/C12H10N2O4S/c15-10-4-5-11(16)14(10)18-12(17)6-8-19-9-3-1-2-7-13-9/h1-5,7H,6,8H2. The van der Waals surface area contributed by atoms with Gasteiger partial charge >= 0.3 is 5.97 Å². The van der Waals surface area contributed by atoms with Crippen molar-refractivity contribution in [1.82, 2.24) is 10.0 Å². The van der Waals surface area contributed by atoms with Crippen LogP contribution in [0.3, 0.4) is 0 Å². The lowest BCUT2D eigenvalue weighted by Crippen LogP contribution is -2.32. The fourth-order valence-electron chi connectivity index (χ4n) is 1.30. The van der Waals surface area contributed by atoms with Crippen LogP contribution in [-0.2, 0) is 19.2 Å². The van der Waals surface area contributed by atoms with Crippen molar-refractivity contribution < 1.29 is 19.2 Å². The molecule has 7 heteroatoms. The van der Waals surface area contributed by atoms with Gasteiger partial charge in [0.15, 0.2) is 0 Å². The van der Waals surface area contributed by atoms with Crippen LogP contribution in [0.4, 0.5) is 0 Å². The molecule has 0 spiro atoms. The normalized spacial score (nSPS) is 14.0. The van der Waals surface area contributed by atoms with E-state index < -0.39 is 17.8 Å². The van der Waals surface area contributed by atoms with E-state index in [-0.39, 0.29) is 6.42 Å². The number of carbonyl (C=O) groups excluding carboxylic acids is 3. The predicted molar refractivity (Wildman–Crippen MR) is 66.7 cm³/mol. The number of hydrogen-bond donors (Lipinski definition) is 0. The van der Waals surface area contributed by atoms with Crippen molar-refractivity contribution in [3.63, 3.8) is 0 Å². The van der Waals surface area contributed by atoms with Crippen molar-refractivity contribution >= 4 is 29.5 Å².